The molecule has 6 heteroatoms. The molecule has 6 nitrogen and oxygen atoms in total. The van der Waals surface area contributed by atoms with Crippen LogP contribution in [0.5, 0.6) is 0 Å². The Kier molecular flexibility index (Phi) is 2.60. The Morgan fingerprint density at radius 3 is 2.28 bits per heavy atom. The maximum absolute atomic E-state index is 12.2. The molecule has 102 valence electrons. The quantitative estimate of drug-likeness (QED) is 0.685. The van der Waals surface area contributed by atoms with Crippen LogP contribution < -0.4 is 0 Å². The van der Waals surface area contributed by atoms with Crippen molar-refractivity contribution in [3.63, 3.8) is 0 Å². The van der Waals surface area contributed by atoms with Crippen LogP contribution in [0.25, 0.3) is 0 Å². The molecule has 0 aliphatic carbocycles. The predicted octanol–water partition coefficient (Wildman–Crippen LogP) is 0.583. The first-order chi connectivity index (χ1) is 8.27. The number of hydrogen-bond acceptors (Lipinski definition) is 6. The Hall–Kier alpha value is -0.530. The van der Waals surface area contributed by atoms with Gasteiger partial charge in [-0.3, -0.25) is 4.79 Å². The first-order valence-electron chi connectivity index (χ1n) is 6.14. The summed E-state index contributed by atoms with van der Waals surface area (Å²) in [5.74, 6) is -1.58. The summed E-state index contributed by atoms with van der Waals surface area (Å²) < 4.78 is 27.7. The molecule has 3 saturated heterocycles. The molecule has 4 atom stereocenters. The maximum Gasteiger partial charge on any atom is 0.198 e. The van der Waals surface area contributed by atoms with Gasteiger partial charge >= 0.3 is 0 Å². The maximum atomic E-state index is 12.2. The molecule has 3 heterocycles. The standard InChI is InChI=1S/C12H18O6/c1-11(2)14-5-6(16-11)8-7(13)9-10(15-8)18-12(3,4)17-9/h6,8-10H,5H2,1-4H3/t6?,8?,9-,10?/m1/s1. The molecule has 18 heavy (non-hydrogen) atoms. The Labute approximate surface area is 105 Å². The molecular weight excluding hydrogens is 240 g/mol. The lowest BCUT2D eigenvalue weighted by molar-refractivity contribution is -0.219. The van der Waals surface area contributed by atoms with E-state index in [2.05, 4.69) is 0 Å². The Morgan fingerprint density at radius 1 is 1.00 bits per heavy atom. The van der Waals surface area contributed by atoms with Crippen molar-refractivity contribution in [1.29, 1.82) is 0 Å². The lowest BCUT2D eigenvalue weighted by Gasteiger charge is -2.23. The second-order valence-corrected chi connectivity index (χ2v) is 5.75. The topological polar surface area (TPSA) is 63.2 Å². The third-order valence-electron chi connectivity index (χ3n) is 3.27. The van der Waals surface area contributed by atoms with Crippen molar-refractivity contribution in [2.75, 3.05) is 6.61 Å². The highest BCUT2D eigenvalue weighted by Crippen LogP contribution is 2.38. The third-order valence-corrected chi connectivity index (χ3v) is 3.27. The summed E-state index contributed by atoms with van der Waals surface area (Å²) in [7, 11) is 0. The average Bonchev–Trinajstić information content (AvgIpc) is 2.81. The van der Waals surface area contributed by atoms with E-state index in [-0.39, 0.29) is 5.78 Å². The summed E-state index contributed by atoms with van der Waals surface area (Å²) >= 11 is 0. The van der Waals surface area contributed by atoms with E-state index in [4.69, 9.17) is 23.7 Å². The molecule has 0 aromatic heterocycles. The van der Waals surface area contributed by atoms with Gasteiger partial charge in [-0.15, -0.1) is 0 Å². The summed E-state index contributed by atoms with van der Waals surface area (Å²) in [6.45, 7) is 7.48. The average molecular weight is 258 g/mol. The number of carbonyl (C=O) groups is 1. The van der Waals surface area contributed by atoms with Crippen LogP contribution in [0.15, 0.2) is 0 Å². The van der Waals surface area contributed by atoms with E-state index >= 15 is 0 Å². The van der Waals surface area contributed by atoms with Crippen LogP contribution in [0.1, 0.15) is 27.7 Å². The second-order valence-electron chi connectivity index (χ2n) is 5.75. The zero-order valence-corrected chi connectivity index (χ0v) is 11.0. The number of Topliss-reactive ketones (excluding diaryl/α,β-unsaturated/α-hetero) is 1. The van der Waals surface area contributed by atoms with Gasteiger partial charge in [0, 0.05) is 0 Å². The molecule has 0 amide bonds. The van der Waals surface area contributed by atoms with Gasteiger partial charge in [0.2, 0.25) is 0 Å². The minimum absolute atomic E-state index is 0.128. The molecule has 3 aliphatic rings. The molecule has 0 spiro atoms. The van der Waals surface area contributed by atoms with E-state index < -0.39 is 36.2 Å². The fourth-order valence-corrected chi connectivity index (χ4v) is 2.53. The van der Waals surface area contributed by atoms with Crippen molar-refractivity contribution in [3.05, 3.63) is 0 Å². The number of rotatable bonds is 1. The van der Waals surface area contributed by atoms with Gasteiger partial charge in [-0.2, -0.15) is 0 Å². The van der Waals surface area contributed by atoms with Crippen LogP contribution in [0.4, 0.5) is 0 Å². The minimum atomic E-state index is -0.776. The molecule has 0 aromatic rings. The Bertz CT molecular complexity index is 377. The van der Waals surface area contributed by atoms with E-state index in [0.717, 1.165) is 0 Å². The molecule has 0 radical (unpaired) electrons. The first-order valence-corrected chi connectivity index (χ1v) is 6.14. The minimum Gasteiger partial charge on any atom is -0.348 e. The molecule has 0 N–H and O–H groups in total. The van der Waals surface area contributed by atoms with E-state index in [0.29, 0.717) is 6.61 Å². The first kappa shape index (κ1) is 12.5. The number of hydrogen-bond donors (Lipinski definition) is 0. The number of ether oxygens (including phenoxy) is 5. The highest BCUT2D eigenvalue weighted by atomic mass is 16.8. The largest absolute Gasteiger partial charge is 0.348 e. The summed E-state index contributed by atoms with van der Waals surface area (Å²) in [5.41, 5.74) is 0. The fraction of sp³-hybridized carbons (Fsp3) is 0.917. The van der Waals surface area contributed by atoms with Crippen molar-refractivity contribution in [1.82, 2.24) is 0 Å². The zero-order chi connectivity index (χ0) is 13.1. The highest BCUT2D eigenvalue weighted by Gasteiger charge is 2.57. The van der Waals surface area contributed by atoms with Gasteiger partial charge in [0.25, 0.3) is 0 Å². The molecule has 3 fully saturated rings. The molecule has 3 rings (SSSR count). The summed E-state index contributed by atoms with van der Waals surface area (Å²) in [6, 6.07) is 0. The summed E-state index contributed by atoms with van der Waals surface area (Å²) in [6.07, 6.45) is -2.35. The monoisotopic (exact) mass is 258 g/mol. The smallest absolute Gasteiger partial charge is 0.198 e. The predicted molar refractivity (Wildman–Crippen MR) is 58.6 cm³/mol. The van der Waals surface area contributed by atoms with Crippen molar-refractivity contribution in [2.24, 2.45) is 0 Å². The lowest BCUT2D eigenvalue weighted by Crippen LogP contribution is -2.39. The van der Waals surface area contributed by atoms with E-state index in [9.17, 15) is 4.79 Å². The van der Waals surface area contributed by atoms with Crippen molar-refractivity contribution in [2.45, 2.75) is 63.9 Å². The molecule has 0 bridgehead atoms. The molecule has 0 saturated carbocycles. The summed E-state index contributed by atoms with van der Waals surface area (Å²) in [4.78, 5) is 12.2. The zero-order valence-electron chi connectivity index (χ0n) is 11.0. The van der Waals surface area contributed by atoms with Gasteiger partial charge in [0.1, 0.15) is 6.10 Å². The number of carbonyl (C=O) groups excluding carboxylic acids is 1. The summed E-state index contributed by atoms with van der Waals surface area (Å²) in [5, 5.41) is 0. The Balaban J connectivity index is 1.70. The molecule has 3 aliphatic heterocycles. The van der Waals surface area contributed by atoms with E-state index in [1.807, 2.05) is 13.8 Å². The highest BCUT2D eigenvalue weighted by molar-refractivity contribution is 5.90. The van der Waals surface area contributed by atoms with E-state index in [1.54, 1.807) is 13.8 Å². The van der Waals surface area contributed by atoms with Gasteiger partial charge < -0.3 is 23.7 Å². The van der Waals surface area contributed by atoms with Gasteiger partial charge in [0.15, 0.2) is 35.9 Å². The molecule has 0 aromatic carbocycles. The van der Waals surface area contributed by atoms with Crippen LogP contribution in [0, 0.1) is 0 Å². The van der Waals surface area contributed by atoms with E-state index in [1.165, 1.54) is 0 Å². The van der Waals surface area contributed by atoms with Crippen LogP contribution in [-0.4, -0.2) is 48.6 Å². The van der Waals surface area contributed by atoms with Gasteiger partial charge in [0.05, 0.1) is 6.61 Å². The van der Waals surface area contributed by atoms with Gasteiger partial charge in [-0.1, -0.05) is 0 Å². The molecule has 3 unspecified atom stereocenters. The van der Waals surface area contributed by atoms with Gasteiger partial charge in [-0.05, 0) is 27.7 Å². The third kappa shape index (κ3) is 1.98. The fourth-order valence-electron chi connectivity index (χ4n) is 2.53. The SMILES string of the molecule is CC1(C)OCC(C2OC3OC(C)(C)O[C@@H]3C2=O)O1. The van der Waals surface area contributed by atoms with Crippen molar-refractivity contribution >= 4 is 5.78 Å². The second kappa shape index (κ2) is 3.74. The lowest BCUT2D eigenvalue weighted by atomic mass is 10.1. The van der Waals surface area contributed by atoms with Crippen molar-refractivity contribution in [3.8, 4) is 0 Å². The number of fused-ring (bicyclic) bond motifs is 1. The van der Waals surface area contributed by atoms with Crippen LogP contribution in [-0.2, 0) is 28.5 Å². The van der Waals surface area contributed by atoms with Crippen LogP contribution in [0.3, 0.4) is 0 Å². The van der Waals surface area contributed by atoms with Gasteiger partial charge in [-0.25, -0.2) is 0 Å². The van der Waals surface area contributed by atoms with Crippen molar-refractivity contribution < 1.29 is 28.5 Å². The normalized spacial score (nSPS) is 45.4. The number of ketones is 1. The van der Waals surface area contributed by atoms with Crippen LogP contribution >= 0.6 is 0 Å². The Morgan fingerprint density at radius 2 is 1.72 bits per heavy atom. The van der Waals surface area contributed by atoms with Crippen LogP contribution in [0.2, 0.25) is 0 Å². The molecular formula is C12H18O6.